The molecule has 0 amide bonds. The van der Waals surface area contributed by atoms with Gasteiger partial charge >= 0.3 is 5.97 Å². The summed E-state index contributed by atoms with van der Waals surface area (Å²) in [5.74, 6) is 2.03. The smallest absolute Gasteiger partial charge is 0.302 e. The summed E-state index contributed by atoms with van der Waals surface area (Å²) in [5.41, 5.74) is 1.30. The summed E-state index contributed by atoms with van der Waals surface area (Å²) in [6.45, 7) is 8.03. The van der Waals surface area contributed by atoms with Crippen LogP contribution in [0, 0.1) is 28.6 Å². The molecule has 0 unspecified atom stereocenters. The van der Waals surface area contributed by atoms with Crippen LogP contribution in [0.25, 0.3) is 0 Å². The summed E-state index contributed by atoms with van der Waals surface area (Å²) in [5, 5.41) is 0. The van der Waals surface area contributed by atoms with E-state index in [0.717, 1.165) is 38.5 Å². The van der Waals surface area contributed by atoms with Crippen molar-refractivity contribution in [2.75, 3.05) is 0 Å². The zero-order valence-electron chi connectivity index (χ0n) is 17.0. The Labute approximate surface area is 162 Å². The Morgan fingerprint density at radius 1 is 1.15 bits per heavy atom. The number of esters is 1. The number of carbonyl (C=O) groups excluding carboxylic acids is 2. The minimum absolute atomic E-state index is 0.0152. The van der Waals surface area contributed by atoms with E-state index in [9.17, 15) is 9.59 Å². The fraction of sp³-hybridized carbons (Fsp3) is 0.826. The highest BCUT2D eigenvalue weighted by molar-refractivity contribution is 5.90. The lowest BCUT2D eigenvalue weighted by molar-refractivity contribution is -0.149. The van der Waals surface area contributed by atoms with Crippen LogP contribution in [-0.4, -0.2) is 29.6 Å². The fourth-order valence-corrected chi connectivity index (χ4v) is 8.03. The van der Waals surface area contributed by atoms with Crippen molar-refractivity contribution in [3.05, 3.63) is 11.6 Å². The molecule has 0 N–H and O–H groups in total. The molecule has 27 heavy (non-hydrogen) atoms. The van der Waals surface area contributed by atoms with Gasteiger partial charge in [-0.2, -0.15) is 0 Å². The molecule has 4 aliphatic carbocycles. The Bertz CT molecular complexity index is 741. The summed E-state index contributed by atoms with van der Waals surface area (Å²) in [4.78, 5) is 23.8. The van der Waals surface area contributed by atoms with Crippen molar-refractivity contribution in [1.82, 2.24) is 0 Å². The number of hydrogen-bond donors (Lipinski definition) is 0. The number of fused-ring (bicyclic) bond motifs is 7. The molecule has 8 atom stereocenters. The monoisotopic (exact) mass is 372 g/mol. The van der Waals surface area contributed by atoms with Crippen LogP contribution in [0.3, 0.4) is 0 Å². The molecular formula is C23H32O4. The van der Waals surface area contributed by atoms with Gasteiger partial charge in [-0.1, -0.05) is 25.5 Å². The number of hydrogen-bond acceptors (Lipinski definition) is 4. The molecule has 0 aromatic heterocycles. The van der Waals surface area contributed by atoms with Gasteiger partial charge in [-0.25, -0.2) is 0 Å². The molecule has 1 aliphatic heterocycles. The second-order valence-corrected chi connectivity index (χ2v) is 10.3. The zero-order chi connectivity index (χ0) is 19.2. The molecule has 0 bridgehead atoms. The SMILES string of the molecule is CC(=O)O[C@H]1CC[C@@]2(C)C(=CC[C@@H]3[C@H]2CC[C@@]2(C)[C@H]3C[C@H]3O[C@]32C(C)=O)C1. The molecule has 4 fully saturated rings. The average molecular weight is 373 g/mol. The van der Waals surface area contributed by atoms with Crippen LogP contribution in [0.15, 0.2) is 11.6 Å². The summed E-state index contributed by atoms with van der Waals surface area (Å²) in [7, 11) is 0. The molecule has 148 valence electrons. The van der Waals surface area contributed by atoms with Crippen LogP contribution in [-0.2, 0) is 19.1 Å². The highest BCUT2D eigenvalue weighted by Crippen LogP contribution is 2.73. The first kappa shape index (κ1) is 17.9. The third-order valence-electron chi connectivity index (χ3n) is 9.34. The summed E-state index contributed by atoms with van der Waals surface area (Å²) in [6, 6.07) is 0. The number of Topliss-reactive ketones (excluding diaryl/α,β-unsaturated/α-hetero) is 1. The van der Waals surface area contributed by atoms with E-state index in [-0.39, 0.29) is 34.8 Å². The molecule has 5 aliphatic rings. The summed E-state index contributed by atoms with van der Waals surface area (Å²) in [6.07, 6.45) is 10.1. The molecular weight excluding hydrogens is 340 g/mol. The maximum Gasteiger partial charge on any atom is 0.302 e. The standard InChI is InChI=1S/C23H32O4/c1-13(24)23-20(27-23)12-19-17-6-5-15-11-16(26-14(2)25)7-9-21(15,3)18(17)8-10-22(19,23)4/h5,16-20H,6-12H2,1-4H3/t16-,17+,18+,19-,20+,21-,22-,23+/m0/s1. The first-order chi connectivity index (χ1) is 12.7. The minimum Gasteiger partial charge on any atom is -0.462 e. The van der Waals surface area contributed by atoms with Crippen LogP contribution in [0.1, 0.15) is 72.6 Å². The first-order valence-corrected chi connectivity index (χ1v) is 10.8. The third kappa shape index (κ3) is 2.14. The molecule has 1 heterocycles. The topological polar surface area (TPSA) is 55.9 Å². The normalized spacial score (nSPS) is 52.6. The third-order valence-corrected chi connectivity index (χ3v) is 9.34. The molecule has 4 heteroatoms. The average Bonchev–Trinajstić information content (AvgIpc) is 3.27. The Morgan fingerprint density at radius 3 is 2.63 bits per heavy atom. The van der Waals surface area contributed by atoms with Gasteiger partial charge in [-0.05, 0) is 68.6 Å². The van der Waals surface area contributed by atoms with Gasteiger partial charge in [0.15, 0.2) is 11.4 Å². The minimum atomic E-state index is -0.472. The van der Waals surface area contributed by atoms with Crippen LogP contribution < -0.4 is 0 Å². The van der Waals surface area contributed by atoms with Crippen molar-refractivity contribution in [3.8, 4) is 0 Å². The van der Waals surface area contributed by atoms with E-state index in [1.54, 1.807) is 6.92 Å². The van der Waals surface area contributed by atoms with Crippen LogP contribution in [0.5, 0.6) is 0 Å². The number of carbonyl (C=O) groups is 2. The lowest BCUT2D eigenvalue weighted by Gasteiger charge is -2.58. The van der Waals surface area contributed by atoms with Gasteiger partial charge in [0.2, 0.25) is 0 Å². The highest BCUT2D eigenvalue weighted by atomic mass is 16.6. The van der Waals surface area contributed by atoms with Gasteiger partial charge < -0.3 is 9.47 Å². The summed E-state index contributed by atoms with van der Waals surface area (Å²) >= 11 is 0. The van der Waals surface area contributed by atoms with Crippen LogP contribution in [0.4, 0.5) is 0 Å². The van der Waals surface area contributed by atoms with E-state index in [0.29, 0.717) is 17.8 Å². The van der Waals surface area contributed by atoms with E-state index < -0.39 is 5.60 Å². The van der Waals surface area contributed by atoms with Crippen molar-refractivity contribution in [2.45, 2.75) is 90.4 Å². The lowest BCUT2D eigenvalue weighted by Crippen LogP contribution is -2.54. The Kier molecular flexibility index (Phi) is 3.62. The quantitative estimate of drug-likeness (QED) is 0.414. The largest absolute Gasteiger partial charge is 0.462 e. The van der Waals surface area contributed by atoms with Crippen molar-refractivity contribution in [2.24, 2.45) is 28.6 Å². The van der Waals surface area contributed by atoms with Crippen LogP contribution in [0.2, 0.25) is 0 Å². The van der Waals surface area contributed by atoms with Gasteiger partial charge in [0.1, 0.15) is 6.10 Å². The predicted molar refractivity (Wildman–Crippen MR) is 101 cm³/mol. The number of ether oxygens (including phenoxy) is 2. The van der Waals surface area contributed by atoms with Crippen molar-refractivity contribution < 1.29 is 19.1 Å². The fourth-order valence-electron chi connectivity index (χ4n) is 8.03. The lowest BCUT2D eigenvalue weighted by atomic mass is 9.47. The second-order valence-electron chi connectivity index (χ2n) is 10.3. The van der Waals surface area contributed by atoms with Gasteiger partial charge in [-0.15, -0.1) is 0 Å². The van der Waals surface area contributed by atoms with E-state index in [2.05, 4.69) is 19.9 Å². The van der Waals surface area contributed by atoms with E-state index in [1.807, 2.05) is 0 Å². The van der Waals surface area contributed by atoms with Crippen LogP contribution >= 0.6 is 0 Å². The number of rotatable bonds is 2. The molecule has 5 rings (SSSR count). The molecule has 3 saturated carbocycles. The molecule has 0 radical (unpaired) electrons. The van der Waals surface area contributed by atoms with Gasteiger partial charge in [0.25, 0.3) is 0 Å². The van der Waals surface area contributed by atoms with Gasteiger partial charge in [-0.3, -0.25) is 9.59 Å². The number of ketones is 1. The maximum atomic E-state index is 12.5. The van der Waals surface area contributed by atoms with E-state index in [1.165, 1.54) is 18.9 Å². The van der Waals surface area contributed by atoms with Crippen molar-refractivity contribution >= 4 is 11.8 Å². The molecule has 0 aromatic rings. The molecule has 0 spiro atoms. The zero-order valence-corrected chi connectivity index (χ0v) is 17.0. The Hall–Kier alpha value is -1.16. The number of allylic oxidation sites excluding steroid dienone is 1. The van der Waals surface area contributed by atoms with E-state index >= 15 is 0 Å². The second kappa shape index (κ2) is 5.46. The summed E-state index contributed by atoms with van der Waals surface area (Å²) < 4.78 is 11.6. The molecule has 0 aromatic carbocycles. The molecule has 4 nitrogen and oxygen atoms in total. The number of epoxide rings is 1. The molecule has 1 saturated heterocycles. The highest BCUT2D eigenvalue weighted by Gasteiger charge is 2.79. The Balaban J connectivity index is 1.43. The van der Waals surface area contributed by atoms with E-state index in [4.69, 9.17) is 9.47 Å². The van der Waals surface area contributed by atoms with Gasteiger partial charge in [0, 0.05) is 18.8 Å². The predicted octanol–water partition coefficient (Wildman–Crippen LogP) is 4.22. The van der Waals surface area contributed by atoms with Gasteiger partial charge in [0.05, 0.1) is 6.10 Å². The van der Waals surface area contributed by atoms with Crippen molar-refractivity contribution in [1.29, 1.82) is 0 Å². The Morgan fingerprint density at radius 2 is 1.93 bits per heavy atom. The van der Waals surface area contributed by atoms with Crippen molar-refractivity contribution in [3.63, 3.8) is 0 Å². The maximum absolute atomic E-state index is 12.5. The first-order valence-electron chi connectivity index (χ1n) is 10.8.